The van der Waals surface area contributed by atoms with Crippen LogP contribution >= 0.6 is 0 Å². The summed E-state index contributed by atoms with van der Waals surface area (Å²) in [5.41, 5.74) is 7.87. The summed E-state index contributed by atoms with van der Waals surface area (Å²) in [6.45, 7) is 28.2. The molecular weight excluding hydrogens is 685 g/mol. The molecular formula is C57H78. The van der Waals surface area contributed by atoms with Crippen molar-refractivity contribution in [1.29, 1.82) is 0 Å². The number of aryl methyl sites for hydroxylation is 2. The third-order valence-corrected chi connectivity index (χ3v) is 7.04. The van der Waals surface area contributed by atoms with Crippen LogP contribution < -0.4 is 0 Å². The molecule has 57 heavy (non-hydrogen) atoms. The monoisotopic (exact) mass is 763 g/mol. The van der Waals surface area contributed by atoms with Crippen LogP contribution in [0.15, 0.2) is 194 Å². The van der Waals surface area contributed by atoms with Gasteiger partial charge in [0.1, 0.15) is 0 Å². The first-order valence-electron chi connectivity index (χ1n) is 21.5. The molecule has 0 spiro atoms. The van der Waals surface area contributed by atoms with Crippen molar-refractivity contribution >= 4 is 22.9 Å². The molecule has 0 saturated carbocycles. The molecule has 0 aliphatic carbocycles. The summed E-state index contributed by atoms with van der Waals surface area (Å²) in [4.78, 5) is 0. The van der Waals surface area contributed by atoms with Gasteiger partial charge in [-0.15, -0.1) is 0 Å². The lowest BCUT2D eigenvalue weighted by Crippen LogP contribution is -1.88. The molecule has 0 fully saturated rings. The zero-order valence-electron chi connectivity index (χ0n) is 38.3. The van der Waals surface area contributed by atoms with Crippen LogP contribution in [0.5, 0.6) is 0 Å². The maximum absolute atomic E-state index is 2.20. The molecule has 0 nitrogen and oxygen atoms in total. The Kier molecular flexibility index (Phi) is 42.4. The second-order valence-corrected chi connectivity index (χ2v) is 10.8. The molecule has 7 aromatic carbocycles. The number of hydrogen-bond acceptors (Lipinski definition) is 0. The van der Waals surface area contributed by atoms with Gasteiger partial charge in [-0.25, -0.2) is 0 Å². The van der Waals surface area contributed by atoms with Gasteiger partial charge in [-0.1, -0.05) is 300 Å². The Morgan fingerprint density at radius 1 is 0.263 bits per heavy atom. The smallest absolute Gasteiger partial charge is 0.00258 e. The van der Waals surface area contributed by atoms with Gasteiger partial charge >= 0.3 is 0 Å². The average molecular weight is 763 g/mol. The van der Waals surface area contributed by atoms with Crippen LogP contribution in [-0.4, -0.2) is 0 Å². The quantitative estimate of drug-likeness (QED) is 0.157. The lowest BCUT2D eigenvalue weighted by molar-refractivity contribution is 1.18. The Balaban J connectivity index is -0.000000643. The van der Waals surface area contributed by atoms with Crippen LogP contribution in [0.1, 0.15) is 116 Å². The summed E-state index contributed by atoms with van der Waals surface area (Å²) >= 11 is 0. The number of benzene rings is 7. The first kappa shape index (κ1) is 55.9. The van der Waals surface area contributed by atoms with Gasteiger partial charge in [0.2, 0.25) is 0 Å². The first-order valence-corrected chi connectivity index (χ1v) is 21.5. The van der Waals surface area contributed by atoms with Crippen molar-refractivity contribution in [2.45, 2.75) is 103 Å². The van der Waals surface area contributed by atoms with Gasteiger partial charge in [-0.05, 0) is 53.3 Å². The molecule has 0 aliphatic heterocycles. The highest BCUT2D eigenvalue weighted by Gasteiger charge is 1.95. The Bertz CT molecular complexity index is 1610. The van der Waals surface area contributed by atoms with Crippen molar-refractivity contribution in [2.75, 3.05) is 0 Å². The first-order chi connectivity index (χ1) is 28.2. The lowest BCUT2D eigenvalue weighted by atomic mass is 10.0. The predicted octanol–water partition coefficient (Wildman–Crippen LogP) is 18.4. The number of rotatable bonds is 4. The molecule has 7 aromatic rings. The maximum Gasteiger partial charge on any atom is -0.00258 e. The highest BCUT2D eigenvalue weighted by molar-refractivity contribution is 5.82. The van der Waals surface area contributed by atoms with Gasteiger partial charge in [0.25, 0.3) is 0 Å². The van der Waals surface area contributed by atoms with Gasteiger partial charge in [0, 0.05) is 0 Å². The number of hydrogen-bond donors (Lipinski definition) is 0. The SMILES string of the molecule is C(=C\c1ccccc1)/c1ccccc1.CC.CC.CC.CC.CC.CC.Cc1ccc(Cc2ccc(C)cc2)cc1.c1ccc2ccccc2c1.c1ccccc1. The predicted molar refractivity (Wildman–Crippen MR) is 265 cm³/mol. The molecule has 0 amide bonds. The van der Waals surface area contributed by atoms with E-state index in [2.05, 4.69) is 147 Å². The zero-order valence-corrected chi connectivity index (χ0v) is 38.3. The summed E-state index contributed by atoms with van der Waals surface area (Å²) in [5.74, 6) is 0. The van der Waals surface area contributed by atoms with E-state index in [1.165, 1.54) is 44.2 Å². The van der Waals surface area contributed by atoms with Crippen molar-refractivity contribution in [2.24, 2.45) is 0 Å². The molecule has 0 aliphatic rings. The van der Waals surface area contributed by atoms with E-state index in [9.17, 15) is 0 Å². The summed E-state index contributed by atoms with van der Waals surface area (Å²) in [6.07, 6.45) is 5.27. The largest absolute Gasteiger partial charge is 0.0683 e. The summed E-state index contributed by atoms with van der Waals surface area (Å²) in [6, 6.07) is 66.8. The van der Waals surface area contributed by atoms with E-state index >= 15 is 0 Å². The fourth-order valence-corrected chi connectivity index (χ4v) is 4.49. The fourth-order valence-electron chi connectivity index (χ4n) is 4.49. The molecule has 7 rings (SSSR count). The lowest BCUT2D eigenvalue weighted by Gasteiger charge is -2.03. The van der Waals surface area contributed by atoms with Crippen LogP contribution in [-0.2, 0) is 6.42 Å². The molecule has 0 heteroatoms. The molecule has 0 bridgehead atoms. The molecule has 306 valence electrons. The van der Waals surface area contributed by atoms with Crippen LogP contribution in [0.25, 0.3) is 22.9 Å². The van der Waals surface area contributed by atoms with E-state index in [0.29, 0.717) is 0 Å². The van der Waals surface area contributed by atoms with Crippen molar-refractivity contribution in [3.8, 4) is 0 Å². The third kappa shape index (κ3) is 29.5. The Morgan fingerprint density at radius 3 is 0.719 bits per heavy atom. The Labute approximate surface area is 352 Å². The summed E-state index contributed by atoms with van der Waals surface area (Å²) in [5, 5.41) is 2.62. The van der Waals surface area contributed by atoms with Crippen LogP contribution in [0.3, 0.4) is 0 Å². The van der Waals surface area contributed by atoms with Crippen LogP contribution in [0.2, 0.25) is 0 Å². The zero-order chi connectivity index (χ0) is 43.4. The molecule has 0 N–H and O–H groups in total. The van der Waals surface area contributed by atoms with Gasteiger partial charge in [0.15, 0.2) is 0 Å². The van der Waals surface area contributed by atoms with Crippen molar-refractivity contribution in [1.82, 2.24) is 0 Å². The molecule has 0 unspecified atom stereocenters. The van der Waals surface area contributed by atoms with E-state index < -0.39 is 0 Å². The molecule has 0 atom stereocenters. The summed E-state index contributed by atoms with van der Waals surface area (Å²) < 4.78 is 0. The minimum Gasteiger partial charge on any atom is -0.0683 e. The van der Waals surface area contributed by atoms with Gasteiger partial charge in [0.05, 0.1) is 0 Å². The molecule has 0 saturated heterocycles. The molecule has 0 aromatic heterocycles. The number of fused-ring (bicyclic) bond motifs is 1. The normalized spacial score (nSPS) is 8.53. The minimum atomic E-state index is 1.03. The summed E-state index contributed by atoms with van der Waals surface area (Å²) in [7, 11) is 0. The van der Waals surface area contributed by atoms with E-state index in [1.807, 2.05) is 156 Å². The van der Waals surface area contributed by atoms with Crippen LogP contribution in [0.4, 0.5) is 0 Å². The molecule has 0 heterocycles. The maximum atomic E-state index is 2.20. The van der Waals surface area contributed by atoms with E-state index in [0.717, 1.165) is 6.42 Å². The van der Waals surface area contributed by atoms with E-state index in [-0.39, 0.29) is 0 Å². The second-order valence-electron chi connectivity index (χ2n) is 10.8. The van der Waals surface area contributed by atoms with Gasteiger partial charge in [-0.2, -0.15) is 0 Å². The Hall–Kier alpha value is -5.46. The van der Waals surface area contributed by atoms with Crippen molar-refractivity contribution < 1.29 is 0 Å². The van der Waals surface area contributed by atoms with Crippen molar-refractivity contribution in [3.63, 3.8) is 0 Å². The van der Waals surface area contributed by atoms with Gasteiger partial charge < -0.3 is 0 Å². The second kappa shape index (κ2) is 43.3. The minimum absolute atomic E-state index is 1.03. The van der Waals surface area contributed by atoms with Crippen molar-refractivity contribution in [3.05, 3.63) is 228 Å². The fraction of sp³-hybridized carbons (Fsp3) is 0.263. The van der Waals surface area contributed by atoms with Crippen LogP contribution in [0, 0.1) is 13.8 Å². The third-order valence-electron chi connectivity index (χ3n) is 7.04. The van der Waals surface area contributed by atoms with E-state index in [4.69, 9.17) is 0 Å². The highest BCUT2D eigenvalue weighted by atomic mass is 14.0. The standard InChI is InChI=1S/C15H16.C14H12.C10H8.C6H6.6C2H6/c1-12-3-7-14(8-4-12)11-15-9-5-13(2)6-10-15;1-3-7-13(8-4-1)11-12-14-9-5-2-6-10-14;1-2-6-10-8-4-3-7-9(10)5-1;1-2-4-6-5-3-1;6*1-2/h3-10H,11H2,1-2H3;1-12H;1-8H;1-6H;6*1-2H3/b;12-11+;;;;;;;;. The highest BCUT2D eigenvalue weighted by Crippen LogP contribution is 2.12. The van der Waals surface area contributed by atoms with E-state index in [1.54, 1.807) is 0 Å². The molecule has 0 radical (unpaired) electrons. The van der Waals surface area contributed by atoms with Gasteiger partial charge in [-0.3, -0.25) is 0 Å². The average Bonchev–Trinajstić information content (AvgIpc) is 3.33. The Morgan fingerprint density at radius 2 is 0.474 bits per heavy atom. The topological polar surface area (TPSA) is 0 Å².